The largest absolute Gasteiger partial charge is 0.347 e. The van der Waals surface area contributed by atoms with Gasteiger partial charge in [0.2, 0.25) is 5.91 Å². The highest BCUT2D eigenvalue weighted by molar-refractivity contribution is 5.96. The number of benzene rings is 1. The quantitative estimate of drug-likeness (QED) is 0.756. The number of nitrogens with one attached hydrogen (secondary N) is 3. The van der Waals surface area contributed by atoms with Gasteiger partial charge in [-0.3, -0.25) is 9.59 Å². The maximum atomic E-state index is 12.0. The third-order valence-corrected chi connectivity index (χ3v) is 3.14. The fourth-order valence-electron chi connectivity index (χ4n) is 1.73. The lowest BCUT2D eigenvalue weighted by Gasteiger charge is -2.20. The molecule has 1 atom stereocenters. The van der Waals surface area contributed by atoms with E-state index < -0.39 is 0 Å². The molecule has 1 aromatic carbocycles. The number of hydrogen-bond donors (Lipinski definition) is 3. The Labute approximate surface area is 132 Å². The topological polar surface area (TPSA) is 70.2 Å². The summed E-state index contributed by atoms with van der Waals surface area (Å²) >= 11 is 0. The maximum Gasteiger partial charge on any atom is 0.251 e. The summed E-state index contributed by atoms with van der Waals surface area (Å²) in [4.78, 5) is 23.8. The van der Waals surface area contributed by atoms with Crippen LogP contribution in [0.25, 0.3) is 0 Å². The molecule has 0 fully saturated rings. The van der Waals surface area contributed by atoms with E-state index in [0.717, 1.165) is 6.42 Å². The lowest BCUT2D eigenvalue weighted by Crippen LogP contribution is -2.40. The summed E-state index contributed by atoms with van der Waals surface area (Å²) in [7, 11) is 0. The van der Waals surface area contributed by atoms with Crippen LogP contribution in [0.15, 0.2) is 24.3 Å². The highest BCUT2D eigenvalue weighted by Crippen LogP contribution is 2.11. The molecule has 1 rings (SSSR count). The van der Waals surface area contributed by atoms with Gasteiger partial charge in [0.15, 0.2) is 0 Å². The Morgan fingerprint density at radius 1 is 1.14 bits per heavy atom. The van der Waals surface area contributed by atoms with E-state index in [1.54, 1.807) is 24.3 Å². The van der Waals surface area contributed by atoms with Crippen LogP contribution >= 0.6 is 0 Å². The van der Waals surface area contributed by atoms with Gasteiger partial charge in [-0.1, -0.05) is 6.92 Å². The van der Waals surface area contributed by atoms with Crippen molar-refractivity contribution in [1.29, 1.82) is 0 Å². The van der Waals surface area contributed by atoms with Gasteiger partial charge in [0.05, 0.1) is 6.54 Å². The van der Waals surface area contributed by atoms with E-state index in [9.17, 15) is 9.59 Å². The van der Waals surface area contributed by atoms with E-state index in [-0.39, 0.29) is 23.9 Å². The van der Waals surface area contributed by atoms with Crippen molar-refractivity contribution in [2.45, 2.75) is 52.6 Å². The van der Waals surface area contributed by atoms with Crippen molar-refractivity contribution >= 4 is 17.5 Å². The second-order valence-corrected chi connectivity index (χ2v) is 6.52. The van der Waals surface area contributed by atoms with Gasteiger partial charge in [-0.15, -0.1) is 0 Å². The molecular weight excluding hydrogens is 278 g/mol. The molecule has 0 aromatic heterocycles. The van der Waals surface area contributed by atoms with E-state index in [1.165, 1.54) is 0 Å². The first-order valence-electron chi connectivity index (χ1n) is 7.67. The van der Waals surface area contributed by atoms with Gasteiger partial charge in [-0.25, -0.2) is 0 Å². The molecule has 0 bridgehead atoms. The smallest absolute Gasteiger partial charge is 0.251 e. The van der Waals surface area contributed by atoms with E-state index in [4.69, 9.17) is 0 Å². The Kier molecular flexibility index (Phi) is 6.56. The minimum atomic E-state index is -0.272. The summed E-state index contributed by atoms with van der Waals surface area (Å²) in [5, 5.41) is 8.83. The van der Waals surface area contributed by atoms with E-state index >= 15 is 0 Å². The van der Waals surface area contributed by atoms with Crippen molar-refractivity contribution in [3.8, 4) is 0 Å². The molecule has 0 heterocycles. The van der Waals surface area contributed by atoms with Crippen molar-refractivity contribution in [2.75, 3.05) is 11.9 Å². The van der Waals surface area contributed by atoms with Crippen LogP contribution < -0.4 is 16.0 Å². The van der Waals surface area contributed by atoms with Crippen LogP contribution in [0.4, 0.5) is 5.69 Å². The maximum absolute atomic E-state index is 12.0. The molecular formula is C17H27N3O2. The van der Waals surface area contributed by atoms with Gasteiger partial charge in [0, 0.05) is 22.8 Å². The predicted octanol–water partition coefficient (Wildman–Crippen LogP) is 2.54. The lowest BCUT2D eigenvalue weighted by atomic mass is 10.1. The number of anilines is 1. The predicted molar refractivity (Wildman–Crippen MR) is 90.0 cm³/mol. The normalized spacial score (nSPS) is 12.6. The van der Waals surface area contributed by atoms with Crippen LogP contribution in [0, 0.1) is 0 Å². The minimum absolute atomic E-state index is 0.0906. The number of hydrogen-bond acceptors (Lipinski definition) is 3. The van der Waals surface area contributed by atoms with Crippen LogP contribution in [0.3, 0.4) is 0 Å². The molecule has 5 nitrogen and oxygen atoms in total. The SMILES string of the molecule is CCC(C)NCC(=O)Nc1ccc(C(=O)NC(C)(C)C)cc1. The van der Waals surface area contributed by atoms with Crippen LogP contribution in [0.2, 0.25) is 0 Å². The van der Waals surface area contributed by atoms with Crippen molar-refractivity contribution in [3.63, 3.8) is 0 Å². The van der Waals surface area contributed by atoms with Crippen LogP contribution in [-0.4, -0.2) is 29.9 Å². The van der Waals surface area contributed by atoms with E-state index in [2.05, 4.69) is 22.9 Å². The van der Waals surface area contributed by atoms with Crippen molar-refractivity contribution in [3.05, 3.63) is 29.8 Å². The molecule has 1 unspecified atom stereocenters. The number of carbonyl (C=O) groups excluding carboxylic acids is 2. The third-order valence-electron chi connectivity index (χ3n) is 3.14. The second kappa shape index (κ2) is 7.94. The van der Waals surface area contributed by atoms with Gasteiger partial charge >= 0.3 is 0 Å². The van der Waals surface area contributed by atoms with Crippen LogP contribution in [-0.2, 0) is 4.79 Å². The fourth-order valence-corrected chi connectivity index (χ4v) is 1.73. The monoisotopic (exact) mass is 305 g/mol. The Balaban J connectivity index is 2.54. The van der Waals surface area contributed by atoms with Gasteiger partial charge in [-0.05, 0) is 58.4 Å². The van der Waals surface area contributed by atoms with Gasteiger partial charge in [0.1, 0.15) is 0 Å². The molecule has 2 amide bonds. The standard InChI is InChI=1S/C17H27N3O2/c1-6-12(2)18-11-15(21)19-14-9-7-13(8-10-14)16(22)20-17(3,4)5/h7-10,12,18H,6,11H2,1-5H3,(H,19,21)(H,20,22). The molecule has 22 heavy (non-hydrogen) atoms. The van der Waals surface area contributed by atoms with Crippen LogP contribution in [0.5, 0.6) is 0 Å². The molecule has 0 spiro atoms. The molecule has 0 aliphatic carbocycles. The molecule has 5 heteroatoms. The van der Waals surface area contributed by atoms with Crippen molar-refractivity contribution in [2.24, 2.45) is 0 Å². The minimum Gasteiger partial charge on any atom is -0.347 e. The number of carbonyl (C=O) groups is 2. The molecule has 0 saturated carbocycles. The number of rotatable bonds is 6. The Hall–Kier alpha value is -1.88. The lowest BCUT2D eigenvalue weighted by molar-refractivity contribution is -0.115. The van der Waals surface area contributed by atoms with Gasteiger partial charge < -0.3 is 16.0 Å². The van der Waals surface area contributed by atoms with E-state index in [1.807, 2.05) is 27.7 Å². The summed E-state index contributed by atoms with van der Waals surface area (Å²) < 4.78 is 0. The zero-order chi connectivity index (χ0) is 16.8. The molecule has 0 aliphatic rings. The van der Waals surface area contributed by atoms with Gasteiger partial charge in [0.25, 0.3) is 5.91 Å². The van der Waals surface area contributed by atoms with E-state index in [0.29, 0.717) is 17.3 Å². The van der Waals surface area contributed by atoms with Gasteiger partial charge in [-0.2, -0.15) is 0 Å². The molecule has 0 radical (unpaired) electrons. The molecule has 122 valence electrons. The fraction of sp³-hybridized carbons (Fsp3) is 0.529. The Morgan fingerprint density at radius 2 is 1.73 bits per heavy atom. The molecule has 3 N–H and O–H groups in total. The Morgan fingerprint density at radius 3 is 2.23 bits per heavy atom. The zero-order valence-corrected chi connectivity index (χ0v) is 14.1. The summed E-state index contributed by atoms with van der Waals surface area (Å²) in [5.74, 6) is -0.212. The molecule has 0 aliphatic heterocycles. The third kappa shape index (κ3) is 6.72. The molecule has 0 saturated heterocycles. The van der Waals surface area contributed by atoms with Crippen molar-refractivity contribution < 1.29 is 9.59 Å². The summed E-state index contributed by atoms with van der Waals surface area (Å²) in [6, 6.07) is 7.20. The molecule has 1 aromatic rings. The highest BCUT2D eigenvalue weighted by atomic mass is 16.2. The highest BCUT2D eigenvalue weighted by Gasteiger charge is 2.15. The summed E-state index contributed by atoms with van der Waals surface area (Å²) in [5.41, 5.74) is 0.986. The summed E-state index contributed by atoms with van der Waals surface area (Å²) in [6.07, 6.45) is 0.977. The second-order valence-electron chi connectivity index (χ2n) is 6.52. The Bertz CT molecular complexity index is 504. The average Bonchev–Trinajstić information content (AvgIpc) is 2.43. The van der Waals surface area contributed by atoms with Crippen molar-refractivity contribution in [1.82, 2.24) is 10.6 Å². The summed E-state index contributed by atoms with van der Waals surface area (Å²) in [6.45, 7) is 10.2. The average molecular weight is 305 g/mol. The zero-order valence-electron chi connectivity index (χ0n) is 14.1. The van der Waals surface area contributed by atoms with Crippen LogP contribution in [0.1, 0.15) is 51.4 Å². The first kappa shape index (κ1) is 18.2. The number of amides is 2. The first-order valence-corrected chi connectivity index (χ1v) is 7.67. The first-order chi connectivity index (χ1) is 10.2.